The molecule has 0 aromatic rings. The van der Waals surface area contributed by atoms with Crippen LogP contribution in [-0.4, -0.2) is 48.3 Å². The number of unbranched alkanes of at least 4 members (excludes halogenated alkanes) is 1. The third-order valence-corrected chi connectivity index (χ3v) is 4.21. The molecule has 1 atom stereocenters. The van der Waals surface area contributed by atoms with Crippen molar-refractivity contribution in [3.8, 4) is 0 Å². The summed E-state index contributed by atoms with van der Waals surface area (Å²) in [6.45, 7) is 10.1. The van der Waals surface area contributed by atoms with Crippen LogP contribution in [0.5, 0.6) is 0 Å². The van der Waals surface area contributed by atoms with E-state index in [4.69, 9.17) is 0 Å². The third kappa shape index (κ3) is 3.97. The topological polar surface area (TPSA) is 40.6 Å². The minimum absolute atomic E-state index is 0.0163. The second-order valence-corrected chi connectivity index (χ2v) is 6.70. The molecule has 0 saturated carbocycles. The van der Waals surface area contributed by atoms with E-state index in [1.165, 1.54) is 6.42 Å². The lowest BCUT2D eigenvalue weighted by Gasteiger charge is -2.37. The smallest absolute Gasteiger partial charge is 0.237 e. The molecule has 4 nitrogen and oxygen atoms in total. The Hall–Kier alpha value is -1.06. The van der Waals surface area contributed by atoms with E-state index in [-0.39, 0.29) is 11.8 Å². The maximum Gasteiger partial charge on any atom is 0.237 e. The normalized spacial score (nSPS) is 19.9. The summed E-state index contributed by atoms with van der Waals surface area (Å²) < 4.78 is 0. The Kier molecular flexibility index (Phi) is 6.03. The Morgan fingerprint density at radius 2 is 2.00 bits per heavy atom. The molecule has 0 spiro atoms. The highest BCUT2D eigenvalue weighted by molar-refractivity contribution is 6.04. The summed E-state index contributed by atoms with van der Waals surface area (Å²) in [6.07, 6.45) is 4.25. The SMILES string of the molecule is CCCCN(C)C(=O)C(C)(C)C(=O)N1CCCC(C)C1. The second-order valence-electron chi connectivity index (χ2n) is 6.70. The van der Waals surface area contributed by atoms with Crippen LogP contribution in [0.25, 0.3) is 0 Å². The van der Waals surface area contributed by atoms with Crippen molar-refractivity contribution < 1.29 is 9.59 Å². The fourth-order valence-electron chi connectivity index (χ4n) is 2.83. The molecule has 1 unspecified atom stereocenters. The maximum absolute atomic E-state index is 12.7. The van der Waals surface area contributed by atoms with Crippen LogP contribution in [-0.2, 0) is 9.59 Å². The van der Waals surface area contributed by atoms with Crippen LogP contribution in [0.4, 0.5) is 0 Å². The molecule has 1 aliphatic rings. The number of piperidine rings is 1. The Morgan fingerprint density at radius 3 is 2.55 bits per heavy atom. The summed E-state index contributed by atoms with van der Waals surface area (Å²) in [5, 5.41) is 0. The first-order valence-electron chi connectivity index (χ1n) is 7.85. The van der Waals surface area contributed by atoms with E-state index >= 15 is 0 Å². The number of carbonyl (C=O) groups is 2. The molecule has 4 heteroatoms. The molecule has 0 aromatic heterocycles. The summed E-state index contributed by atoms with van der Waals surface area (Å²) in [4.78, 5) is 28.8. The van der Waals surface area contributed by atoms with Crippen molar-refractivity contribution in [2.45, 2.75) is 53.4 Å². The number of nitrogens with zero attached hydrogens (tertiary/aromatic N) is 2. The van der Waals surface area contributed by atoms with E-state index in [0.717, 1.165) is 38.9 Å². The van der Waals surface area contributed by atoms with Crippen molar-refractivity contribution in [2.24, 2.45) is 11.3 Å². The molecular formula is C16H30N2O2. The molecule has 0 aliphatic carbocycles. The van der Waals surface area contributed by atoms with Crippen molar-refractivity contribution in [1.29, 1.82) is 0 Å². The highest BCUT2D eigenvalue weighted by Gasteiger charge is 2.41. The number of hydrogen-bond acceptors (Lipinski definition) is 2. The zero-order chi connectivity index (χ0) is 15.3. The van der Waals surface area contributed by atoms with Crippen molar-refractivity contribution in [1.82, 2.24) is 9.80 Å². The van der Waals surface area contributed by atoms with E-state index in [9.17, 15) is 9.59 Å². The minimum atomic E-state index is -0.945. The first-order chi connectivity index (χ1) is 9.30. The number of rotatable bonds is 5. The highest BCUT2D eigenvalue weighted by atomic mass is 16.2. The predicted octanol–water partition coefficient (Wildman–Crippen LogP) is 2.53. The predicted molar refractivity (Wildman–Crippen MR) is 81.3 cm³/mol. The summed E-state index contributed by atoms with van der Waals surface area (Å²) >= 11 is 0. The number of carbonyl (C=O) groups excluding carboxylic acids is 2. The summed E-state index contributed by atoms with van der Waals surface area (Å²) in [5.74, 6) is 0.461. The van der Waals surface area contributed by atoms with Crippen LogP contribution in [0.2, 0.25) is 0 Å². The fraction of sp³-hybridized carbons (Fsp3) is 0.875. The van der Waals surface area contributed by atoms with Crippen molar-refractivity contribution in [2.75, 3.05) is 26.7 Å². The molecule has 20 heavy (non-hydrogen) atoms. The third-order valence-electron chi connectivity index (χ3n) is 4.21. The zero-order valence-electron chi connectivity index (χ0n) is 13.7. The van der Waals surface area contributed by atoms with Gasteiger partial charge in [0.1, 0.15) is 5.41 Å². The summed E-state index contributed by atoms with van der Waals surface area (Å²) in [6, 6.07) is 0. The average Bonchev–Trinajstić information content (AvgIpc) is 2.42. The van der Waals surface area contributed by atoms with Gasteiger partial charge in [-0.15, -0.1) is 0 Å². The lowest BCUT2D eigenvalue weighted by atomic mass is 9.88. The van der Waals surface area contributed by atoms with E-state index in [1.54, 1.807) is 25.8 Å². The first kappa shape index (κ1) is 17.0. The monoisotopic (exact) mass is 282 g/mol. The average molecular weight is 282 g/mol. The number of likely N-dealkylation sites (tertiary alicyclic amines) is 1. The quantitative estimate of drug-likeness (QED) is 0.727. The van der Waals surface area contributed by atoms with Gasteiger partial charge < -0.3 is 9.80 Å². The molecule has 0 radical (unpaired) electrons. The molecule has 0 N–H and O–H groups in total. The van der Waals surface area contributed by atoms with Crippen LogP contribution in [0.15, 0.2) is 0 Å². The second kappa shape index (κ2) is 7.09. The van der Waals surface area contributed by atoms with Crippen LogP contribution in [0.1, 0.15) is 53.4 Å². The van der Waals surface area contributed by atoms with Gasteiger partial charge in [-0.1, -0.05) is 20.3 Å². The number of hydrogen-bond donors (Lipinski definition) is 0. The van der Waals surface area contributed by atoms with Gasteiger partial charge in [-0.3, -0.25) is 9.59 Å². The molecule has 1 aliphatic heterocycles. The van der Waals surface area contributed by atoms with Gasteiger partial charge >= 0.3 is 0 Å². The Balaban J connectivity index is 2.70. The molecule has 1 heterocycles. The van der Waals surface area contributed by atoms with E-state index < -0.39 is 5.41 Å². The largest absolute Gasteiger partial charge is 0.345 e. The molecular weight excluding hydrogens is 252 g/mol. The van der Waals surface area contributed by atoms with Gasteiger partial charge in [0, 0.05) is 26.7 Å². The van der Waals surface area contributed by atoms with E-state index in [1.807, 2.05) is 4.90 Å². The molecule has 116 valence electrons. The Bertz CT molecular complexity index is 352. The van der Waals surface area contributed by atoms with Gasteiger partial charge in [0.15, 0.2) is 0 Å². The van der Waals surface area contributed by atoms with Gasteiger partial charge in [-0.2, -0.15) is 0 Å². The van der Waals surface area contributed by atoms with Crippen LogP contribution in [0, 0.1) is 11.3 Å². The van der Waals surface area contributed by atoms with Crippen molar-refractivity contribution in [3.05, 3.63) is 0 Å². The summed E-state index contributed by atoms with van der Waals surface area (Å²) in [5.41, 5.74) is -0.945. The highest BCUT2D eigenvalue weighted by Crippen LogP contribution is 2.25. The first-order valence-corrected chi connectivity index (χ1v) is 7.85. The summed E-state index contributed by atoms with van der Waals surface area (Å²) in [7, 11) is 1.80. The molecule has 2 amide bonds. The van der Waals surface area contributed by atoms with Crippen LogP contribution in [0.3, 0.4) is 0 Å². The lowest BCUT2D eigenvalue weighted by Crippen LogP contribution is -2.52. The Labute approximate surface area is 123 Å². The van der Waals surface area contributed by atoms with Gasteiger partial charge in [0.2, 0.25) is 11.8 Å². The maximum atomic E-state index is 12.7. The van der Waals surface area contributed by atoms with Crippen LogP contribution >= 0.6 is 0 Å². The van der Waals surface area contributed by atoms with Crippen molar-refractivity contribution >= 4 is 11.8 Å². The van der Waals surface area contributed by atoms with Gasteiger partial charge in [-0.05, 0) is 39.0 Å². The molecule has 1 rings (SSSR count). The van der Waals surface area contributed by atoms with Gasteiger partial charge in [0.25, 0.3) is 0 Å². The fourth-order valence-corrected chi connectivity index (χ4v) is 2.83. The Morgan fingerprint density at radius 1 is 1.35 bits per heavy atom. The van der Waals surface area contributed by atoms with Crippen LogP contribution < -0.4 is 0 Å². The van der Waals surface area contributed by atoms with E-state index in [2.05, 4.69) is 13.8 Å². The molecule has 1 fully saturated rings. The van der Waals surface area contributed by atoms with Gasteiger partial charge in [-0.25, -0.2) is 0 Å². The standard InChI is InChI=1S/C16H30N2O2/c1-6-7-10-17(5)14(19)16(3,4)15(20)18-11-8-9-13(2)12-18/h13H,6-12H2,1-5H3. The zero-order valence-corrected chi connectivity index (χ0v) is 13.7. The lowest BCUT2D eigenvalue weighted by molar-refractivity contribution is -0.154. The molecule has 0 aromatic carbocycles. The molecule has 1 saturated heterocycles. The minimum Gasteiger partial charge on any atom is -0.345 e. The van der Waals surface area contributed by atoms with Crippen molar-refractivity contribution in [3.63, 3.8) is 0 Å². The number of amides is 2. The van der Waals surface area contributed by atoms with Gasteiger partial charge in [0.05, 0.1) is 0 Å². The molecule has 0 bridgehead atoms. The van der Waals surface area contributed by atoms with E-state index in [0.29, 0.717) is 5.92 Å².